The van der Waals surface area contributed by atoms with E-state index >= 15 is 0 Å². The maximum atomic E-state index is 13.5. The SMILES string of the molecule is CCC(CC)C(CNC(=NC)NCc1ccc(O)c(F)c1)N1CCOCC1.I. The Morgan fingerprint density at radius 2 is 1.93 bits per heavy atom. The highest BCUT2D eigenvalue weighted by Gasteiger charge is 2.26. The minimum atomic E-state index is -0.613. The van der Waals surface area contributed by atoms with Crippen molar-refractivity contribution >= 4 is 29.9 Å². The molecule has 1 fully saturated rings. The monoisotopic (exact) mass is 508 g/mol. The van der Waals surface area contributed by atoms with Gasteiger partial charge in [-0.25, -0.2) is 4.39 Å². The van der Waals surface area contributed by atoms with Crippen LogP contribution in [0.3, 0.4) is 0 Å². The average Bonchev–Trinajstić information content (AvgIpc) is 2.70. The lowest BCUT2D eigenvalue weighted by atomic mass is 9.92. The van der Waals surface area contributed by atoms with Crippen LogP contribution >= 0.6 is 24.0 Å². The quantitative estimate of drug-likeness (QED) is 0.286. The Kier molecular flexibility index (Phi) is 11.7. The Bertz CT molecular complexity index is 608. The number of rotatable bonds is 8. The number of benzene rings is 1. The molecule has 1 aliphatic rings. The van der Waals surface area contributed by atoms with Gasteiger partial charge in [0.2, 0.25) is 0 Å². The van der Waals surface area contributed by atoms with Gasteiger partial charge in [-0.15, -0.1) is 24.0 Å². The van der Waals surface area contributed by atoms with E-state index in [4.69, 9.17) is 4.74 Å². The molecule has 3 N–H and O–H groups in total. The van der Waals surface area contributed by atoms with Crippen LogP contribution in [0.5, 0.6) is 5.75 Å². The minimum absolute atomic E-state index is 0. The summed E-state index contributed by atoms with van der Waals surface area (Å²) >= 11 is 0. The first kappa shape index (κ1) is 24.9. The van der Waals surface area contributed by atoms with E-state index in [0.29, 0.717) is 24.5 Å². The van der Waals surface area contributed by atoms with Crippen LogP contribution < -0.4 is 10.6 Å². The molecule has 160 valence electrons. The highest BCUT2D eigenvalue weighted by molar-refractivity contribution is 14.0. The van der Waals surface area contributed by atoms with Crippen LogP contribution in [0.4, 0.5) is 4.39 Å². The van der Waals surface area contributed by atoms with Crippen molar-refractivity contribution in [1.29, 1.82) is 0 Å². The number of halogens is 2. The summed E-state index contributed by atoms with van der Waals surface area (Å²) in [5, 5.41) is 15.9. The van der Waals surface area contributed by atoms with E-state index in [9.17, 15) is 9.50 Å². The van der Waals surface area contributed by atoms with Gasteiger partial charge in [0.05, 0.1) is 13.2 Å². The molecule has 1 aromatic rings. The lowest BCUT2D eigenvalue weighted by Gasteiger charge is -2.39. The van der Waals surface area contributed by atoms with Gasteiger partial charge in [-0.1, -0.05) is 32.8 Å². The molecule has 0 bridgehead atoms. The van der Waals surface area contributed by atoms with Crippen molar-refractivity contribution < 1.29 is 14.2 Å². The Balaban J connectivity index is 0.00000392. The van der Waals surface area contributed by atoms with E-state index in [1.54, 1.807) is 13.1 Å². The molecule has 8 heteroatoms. The predicted octanol–water partition coefficient (Wildman–Crippen LogP) is 2.95. The van der Waals surface area contributed by atoms with Crippen molar-refractivity contribution in [2.24, 2.45) is 10.9 Å². The minimum Gasteiger partial charge on any atom is -0.505 e. The fourth-order valence-corrected chi connectivity index (χ4v) is 3.60. The lowest BCUT2D eigenvalue weighted by molar-refractivity contribution is 0.00272. The second kappa shape index (κ2) is 13.2. The molecular weight excluding hydrogens is 474 g/mol. The van der Waals surface area contributed by atoms with Crippen molar-refractivity contribution in [2.45, 2.75) is 39.3 Å². The first-order chi connectivity index (χ1) is 13.1. The summed E-state index contributed by atoms with van der Waals surface area (Å²) in [6.45, 7) is 9.22. The average molecular weight is 508 g/mol. The molecule has 0 aliphatic carbocycles. The fourth-order valence-electron chi connectivity index (χ4n) is 3.60. The fraction of sp³-hybridized carbons (Fsp3) is 0.650. The zero-order chi connectivity index (χ0) is 19.6. The molecule has 1 unspecified atom stereocenters. The molecule has 1 saturated heterocycles. The number of aliphatic imine (C=N–C) groups is 1. The van der Waals surface area contributed by atoms with Gasteiger partial charge in [-0.2, -0.15) is 0 Å². The smallest absolute Gasteiger partial charge is 0.191 e. The van der Waals surface area contributed by atoms with Crippen LogP contribution in [0, 0.1) is 11.7 Å². The van der Waals surface area contributed by atoms with E-state index in [-0.39, 0.29) is 29.7 Å². The summed E-state index contributed by atoms with van der Waals surface area (Å²) in [5.41, 5.74) is 0.748. The number of aromatic hydroxyl groups is 1. The van der Waals surface area contributed by atoms with Crippen molar-refractivity contribution in [3.05, 3.63) is 29.6 Å². The number of hydrogen-bond acceptors (Lipinski definition) is 4. The molecule has 2 rings (SSSR count). The molecule has 0 saturated carbocycles. The third-order valence-corrected chi connectivity index (χ3v) is 5.28. The van der Waals surface area contributed by atoms with Gasteiger partial charge in [0, 0.05) is 39.3 Å². The van der Waals surface area contributed by atoms with E-state index in [0.717, 1.165) is 51.3 Å². The van der Waals surface area contributed by atoms with Gasteiger partial charge < -0.3 is 20.5 Å². The Labute approximate surface area is 185 Å². The summed E-state index contributed by atoms with van der Waals surface area (Å²) in [5.74, 6) is 0.353. The molecule has 0 spiro atoms. The third-order valence-electron chi connectivity index (χ3n) is 5.28. The van der Waals surface area contributed by atoms with E-state index in [1.807, 2.05) is 0 Å². The lowest BCUT2D eigenvalue weighted by Crippen LogP contribution is -2.53. The van der Waals surface area contributed by atoms with E-state index in [2.05, 4.69) is 34.4 Å². The molecule has 1 aliphatic heterocycles. The summed E-state index contributed by atoms with van der Waals surface area (Å²) in [6, 6.07) is 4.81. The van der Waals surface area contributed by atoms with Gasteiger partial charge in [0.15, 0.2) is 17.5 Å². The van der Waals surface area contributed by atoms with Crippen LogP contribution in [0.15, 0.2) is 23.2 Å². The van der Waals surface area contributed by atoms with Crippen molar-refractivity contribution in [1.82, 2.24) is 15.5 Å². The molecular formula is C20H34FIN4O2. The molecule has 1 heterocycles. The number of morpholine rings is 1. The van der Waals surface area contributed by atoms with Gasteiger partial charge in [0.1, 0.15) is 0 Å². The molecule has 0 radical (unpaired) electrons. The summed E-state index contributed by atoms with van der Waals surface area (Å²) in [4.78, 5) is 6.79. The van der Waals surface area contributed by atoms with Crippen LogP contribution in [0.25, 0.3) is 0 Å². The van der Waals surface area contributed by atoms with Gasteiger partial charge in [-0.3, -0.25) is 9.89 Å². The summed E-state index contributed by atoms with van der Waals surface area (Å²) < 4.78 is 19.0. The van der Waals surface area contributed by atoms with E-state index in [1.165, 1.54) is 12.1 Å². The molecule has 1 atom stereocenters. The standard InChI is InChI=1S/C20H33FN4O2.HI/c1-4-16(5-2)18(25-8-10-27-11-9-25)14-24-20(22-3)23-13-15-6-7-19(26)17(21)12-15;/h6-7,12,16,18,26H,4-5,8-11,13-14H2,1-3H3,(H2,22,23,24);1H. The highest BCUT2D eigenvalue weighted by Crippen LogP contribution is 2.19. The molecule has 1 aromatic carbocycles. The van der Waals surface area contributed by atoms with Crippen LogP contribution in [-0.2, 0) is 11.3 Å². The molecule has 6 nitrogen and oxygen atoms in total. The van der Waals surface area contributed by atoms with Gasteiger partial charge in [0.25, 0.3) is 0 Å². The van der Waals surface area contributed by atoms with Crippen molar-refractivity contribution in [3.8, 4) is 5.75 Å². The summed E-state index contributed by atoms with van der Waals surface area (Å²) in [6.07, 6.45) is 2.28. The van der Waals surface area contributed by atoms with Gasteiger partial charge in [-0.05, 0) is 23.6 Å². The zero-order valence-electron chi connectivity index (χ0n) is 17.1. The second-order valence-electron chi connectivity index (χ2n) is 6.88. The number of nitrogens with zero attached hydrogens (tertiary/aromatic N) is 2. The number of ether oxygens (including phenoxy) is 1. The first-order valence-corrected chi connectivity index (χ1v) is 9.82. The maximum absolute atomic E-state index is 13.5. The molecule has 0 amide bonds. The van der Waals surface area contributed by atoms with Crippen LogP contribution in [0.1, 0.15) is 32.3 Å². The van der Waals surface area contributed by atoms with Crippen molar-refractivity contribution in [3.63, 3.8) is 0 Å². The number of phenolic OH excluding ortho intramolecular Hbond substituents is 1. The topological polar surface area (TPSA) is 69.1 Å². The first-order valence-electron chi connectivity index (χ1n) is 9.82. The van der Waals surface area contributed by atoms with E-state index < -0.39 is 5.82 Å². The Hall–Kier alpha value is -1.13. The number of guanidine groups is 1. The van der Waals surface area contributed by atoms with Crippen LogP contribution in [-0.4, -0.2) is 61.9 Å². The highest BCUT2D eigenvalue weighted by atomic mass is 127. The Morgan fingerprint density at radius 3 is 2.50 bits per heavy atom. The van der Waals surface area contributed by atoms with Gasteiger partial charge >= 0.3 is 0 Å². The molecule has 28 heavy (non-hydrogen) atoms. The normalized spacial score (nSPS) is 16.5. The second-order valence-corrected chi connectivity index (χ2v) is 6.88. The maximum Gasteiger partial charge on any atom is 0.191 e. The van der Waals surface area contributed by atoms with Crippen LogP contribution in [0.2, 0.25) is 0 Å². The number of nitrogens with one attached hydrogen (secondary N) is 2. The molecule has 0 aromatic heterocycles. The third kappa shape index (κ3) is 7.36. The Morgan fingerprint density at radius 1 is 1.25 bits per heavy atom. The zero-order valence-corrected chi connectivity index (χ0v) is 19.4. The van der Waals surface area contributed by atoms with Crippen molar-refractivity contribution in [2.75, 3.05) is 39.9 Å². The number of phenols is 1. The largest absolute Gasteiger partial charge is 0.505 e. The summed E-state index contributed by atoms with van der Waals surface area (Å²) in [7, 11) is 1.73. The number of hydrogen-bond donors (Lipinski definition) is 3. The predicted molar refractivity (Wildman–Crippen MR) is 122 cm³/mol.